The molecule has 18 heavy (non-hydrogen) atoms. The lowest BCUT2D eigenvalue weighted by atomic mass is 10.2. The molecule has 2 heterocycles. The van der Waals surface area contributed by atoms with Gasteiger partial charge < -0.3 is 9.64 Å². The third-order valence-corrected chi connectivity index (χ3v) is 3.94. The van der Waals surface area contributed by atoms with E-state index in [-0.39, 0.29) is 28.5 Å². The molecule has 1 fully saturated rings. The quantitative estimate of drug-likeness (QED) is 0.792. The van der Waals surface area contributed by atoms with Gasteiger partial charge in [0.2, 0.25) is 5.88 Å². The summed E-state index contributed by atoms with van der Waals surface area (Å²) in [7, 11) is -2.67. The van der Waals surface area contributed by atoms with Crippen molar-refractivity contribution >= 4 is 17.5 Å². The summed E-state index contributed by atoms with van der Waals surface area (Å²) < 4.78 is 26.4. The Bertz CT molecular complexity index is 602. The van der Waals surface area contributed by atoms with Crippen LogP contribution in [0.15, 0.2) is 6.07 Å². The standard InChI is InChI=1S/C13H15ClN2O2/c1-7(8-3-4-8)16-6-9-5-10(14)15-12(18-2)11(9)13(16)17/h5,7-8H,3-4,6H2,1-2H3/i2D3. The number of hydrogen-bond donors (Lipinski definition) is 0. The minimum Gasteiger partial charge on any atom is -0.480 e. The third-order valence-electron chi connectivity index (χ3n) is 3.74. The van der Waals surface area contributed by atoms with Crippen LogP contribution >= 0.6 is 11.6 Å². The Morgan fingerprint density at radius 3 is 3.11 bits per heavy atom. The molecule has 2 aliphatic rings. The molecule has 1 aromatic rings. The molecule has 96 valence electrons. The zero-order valence-corrected chi connectivity index (χ0v) is 10.7. The van der Waals surface area contributed by atoms with E-state index in [1.165, 1.54) is 0 Å². The number of fused-ring (bicyclic) bond motifs is 1. The Balaban J connectivity index is 1.96. The van der Waals surface area contributed by atoms with Crippen molar-refractivity contribution in [2.45, 2.75) is 32.4 Å². The van der Waals surface area contributed by atoms with Gasteiger partial charge in [0.25, 0.3) is 5.91 Å². The van der Waals surface area contributed by atoms with E-state index in [1.54, 1.807) is 11.0 Å². The van der Waals surface area contributed by atoms with Crippen molar-refractivity contribution < 1.29 is 13.6 Å². The molecule has 0 spiro atoms. The average molecular weight is 270 g/mol. The van der Waals surface area contributed by atoms with Crippen molar-refractivity contribution in [3.63, 3.8) is 0 Å². The number of ether oxygens (including phenoxy) is 1. The number of carbonyl (C=O) groups is 1. The minimum absolute atomic E-state index is 0.127. The van der Waals surface area contributed by atoms with Crippen molar-refractivity contribution in [3.8, 4) is 5.88 Å². The molecular weight excluding hydrogens is 252 g/mol. The first-order valence-electron chi connectivity index (χ1n) is 7.45. The molecule has 0 N–H and O–H groups in total. The predicted molar refractivity (Wildman–Crippen MR) is 67.9 cm³/mol. The molecule has 1 unspecified atom stereocenters. The van der Waals surface area contributed by atoms with Gasteiger partial charge in [-0.1, -0.05) is 11.6 Å². The second-order valence-corrected chi connectivity index (χ2v) is 5.28. The van der Waals surface area contributed by atoms with Crippen LogP contribution in [0.5, 0.6) is 5.88 Å². The number of halogens is 1. The lowest BCUT2D eigenvalue weighted by molar-refractivity contribution is 0.0695. The summed E-state index contributed by atoms with van der Waals surface area (Å²) in [5.41, 5.74) is 0.898. The lowest BCUT2D eigenvalue weighted by Crippen LogP contribution is -2.34. The van der Waals surface area contributed by atoms with Crippen LogP contribution in [0.4, 0.5) is 0 Å². The number of methoxy groups -OCH3 is 1. The number of carbonyl (C=O) groups excluding carboxylic acids is 1. The molecule has 1 atom stereocenters. The Labute approximate surface area is 115 Å². The molecule has 1 aliphatic carbocycles. The highest BCUT2D eigenvalue weighted by Gasteiger charge is 2.40. The van der Waals surface area contributed by atoms with Crippen LogP contribution in [-0.4, -0.2) is 28.9 Å². The molecule has 0 aromatic carbocycles. The van der Waals surface area contributed by atoms with E-state index in [4.69, 9.17) is 20.5 Å². The zero-order valence-electron chi connectivity index (χ0n) is 12.9. The molecule has 4 nitrogen and oxygen atoms in total. The van der Waals surface area contributed by atoms with E-state index in [9.17, 15) is 4.79 Å². The van der Waals surface area contributed by atoms with Crippen LogP contribution in [0, 0.1) is 5.92 Å². The topological polar surface area (TPSA) is 42.4 Å². The van der Waals surface area contributed by atoms with Gasteiger partial charge in [-0.2, -0.15) is 0 Å². The summed E-state index contributed by atoms with van der Waals surface area (Å²) in [5, 5.41) is 0.127. The van der Waals surface area contributed by atoms with Gasteiger partial charge in [-0.3, -0.25) is 4.79 Å². The maximum absolute atomic E-state index is 12.6. The molecular formula is C13H15ClN2O2. The molecule has 5 heteroatoms. The highest BCUT2D eigenvalue weighted by atomic mass is 35.5. The molecule has 1 amide bonds. The molecule has 1 aliphatic heterocycles. The second kappa shape index (κ2) is 4.12. The number of aromatic nitrogens is 1. The van der Waals surface area contributed by atoms with Gasteiger partial charge in [-0.15, -0.1) is 0 Å². The van der Waals surface area contributed by atoms with Crippen molar-refractivity contribution in [3.05, 3.63) is 22.3 Å². The van der Waals surface area contributed by atoms with Gasteiger partial charge in [0.15, 0.2) is 0 Å². The molecule has 1 saturated carbocycles. The lowest BCUT2D eigenvalue weighted by Gasteiger charge is -2.23. The summed E-state index contributed by atoms with van der Waals surface area (Å²) in [5.74, 6) is 0.0968. The van der Waals surface area contributed by atoms with E-state index in [2.05, 4.69) is 4.98 Å². The maximum Gasteiger partial charge on any atom is 0.260 e. The van der Waals surface area contributed by atoms with Crippen LogP contribution in [0.25, 0.3) is 0 Å². The smallest absolute Gasteiger partial charge is 0.260 e. The van der Waals surface area contributed by atoms with Crippen LogP contribution in [-0.2, 0) is 6.54 Å². The first-order chi connectivity index (χ1) is 9.76. The van der Waals surface area contributed by atoms with Crippen molar-refractivity contribution in [2.24, 2.45) is 5.92 Å². The van der Waals surface area contributed by atoms with Gasteiger partial charge in [0.05, 0.1) is 11.2 Å². The zero-order chi connectivity index (χ0) is 15.4. The summed E-state index contributed by atoms with van der Waals surface area (Å²) in [4.78, 5) is 18.2. The number of rotatable bonds is 3. The van der Waals surface area contributed by atoms with Crippen molar-refractivity contribution in [2.75, 3.05) is 7.04 Å². The Morgan fingerprint density at radius 1 is 1.67 bits per heavy atom. The molecule has 3 rings (SSSR count). The van der Waals surface area contributed by atoms with E-state index in [0.29, 0.717) is 18.0 Å². The minimum atomic E-state index is -2.67. The summed E-state index contributed by atoms with van der Waals surface area (Å²) in [6, 6.07) is 1.73. The number of nitrogens with zero attached hydrogens (tertiary/aromatic N) is 2. The fraction of sp³-hybridized carbons (Fsp3) is 0.538. The molecule has 0 radical (unpaired) electrons. The summed E-state index contributed by atoms with van der Waals surface area (Å²) in [6.45, 7) is 2.44. The Kier molecular flexibility index (Phi) is 2.00. The van der Waals surface area contributed by atoms with Crippen molar-refractivity contribution in [1.29, 1.82) is 0 Å². The van der Waals surface area contributed by atoms with Crippen LogP contribution < -0.4 is 4.74 Å². The van der Waals surface area contributed by atoms with E-state index in [1.807, 2.05) is 6.92 Å². The number of pyridine rings is 1. The second-order valence-electron chi connectivity index (χ2n) is 4.90. The largest absolute Gasteiger partial charge is 0.480 e. The third kappa shape index (κ3) is 1.75. The first-order valence-corrected chi connectivity index (χ1v) is 6.33. The van der Waals surface area contributed by atoms with Crippen LogP contribution in [0.1, 0.15) is 39.8 Å². The summed E-state index contributed by atoms with van der Waals surface area (Å²) >= 11 is 5.90. The molecule has 0 bridgehead atoms. The normalized spacial score (nSPS) is 23.1. The Morgan fingerprint density at radius 2 is 2.44 bits per heavy atom. The fourth-order valence-corrected chi connectivity index (χ4v) is 2.74. The van der Waals surface area contributed by atoms with Crippen LogP contribution in [0.3, 0.4) is 0 Å². The predicted octanol–water partition coefficient (Wildman–Crippen LogP) is 2.50. The van der Waals surface area contributed by atoms with E-state index >= 15 is 0 Å². The molecule has 0 saturated heterocycles. The molecule has 1 aromatic heterocycles. The van der Waals surface area contributed by atoms with Gasteiger partial charge >= 0.3 is 0 Å². The highest BCUT2D eigenvalue weighted by Crippen LogP contribution is 2.40. The SMILES string of the molecule is [2H]C([2H])([2H])Oc1nc(Cl)cc2c1C(=O)N(C(C)C1CC1)C2. The van der Waals surface area contributed by atoms with Gasteiger partial charge in [0.1, 0.15) is 10.7 Å². The van der Waals surface area contributed by atoms with Gasteiger partial charge in [-0.05, 0) is 37.3 Å². The first kappa shape index (κ1) is 8.75. The maximum atomic E-state index is 12.6. The van der Waals surface area contributed by atoms with E-state index < -0.39 is 7.04 Å². The Hall–Kier alpha value is -1.29. The monoisotopic (exact) mass is 269 g/mol. The van der Waals surface area contributed by atoms with Gasteiger partial charge in [-0.25, -0.2) is 4.98 Å². The average Bonchev–Trinajstić information content (AvgIpc) is 3.11. The number of amides is 1. The van der Waals surface area contributed by atoms with Crippen molar-refractivity contribution in [1.82, 2.24) is 9.88 Å². The highest BCUT2D eigenvalue weighted by molar-refractivity contribution is 6.29. The van der Waals surface area contributed by atoms with Gasteiger partial charge in [0, 0.05) is 12.6 Å². The van der Waals surface area contributed by atoms with E-state index in [0.717, 1.165) is 12.8 Å². The van der Waals surface area contributed by atoms with Crippen LogP contribution in [0.2, 0.25) is 5.15 Å². The number of hydrogen-bond acceptors (Lipinski definition) is 3. The summed E-state index contributed by atoms with van der Waals surface area (Å²) in [6.07, 6.45) is 2.25. The fourth-order valence-electron chi connectivity index (χ4n) is 2.53.